The normalized spacial score (nSPS) is 21.0. The van der Waals surface area contributed by atoms with Crippen LogP contribution in [0.2, 0.25) is 5.02 Å². The zero-order valence-electron chi connectivity index (χ0n) is 17.4. The predicted octanol–water partition coefficient (Wildman–Crippen LogP) is 2.72. The first-order valence-electron chi connectivity index (χ1n) is 10.1. The zero-order chi connectivity index (χ0) is 22.9. The Hall–Kier alpha value is -3.17. The number of hydrogen-bond donors (Lipinski definition) is 2. The Bertz CT molecular complexity index is 1060. The molecular formula is C22H22ClFN4O4. The summed E-state index contributed by atoms with van der Waals surface area (Å²) in [6.07, 6.45) is 0. The second-order valence-electron chi connectivity index (χ2n) is 7.76. The fraction of sp³-hybridized carbons (Fsp3) is 0.318. The molecule has 0 saturated carbocycles. The van der Waals surface area contributed by atoms with Gasteiger partial charge in [-0.1, -0.05) is 23.7 Å². The van der Waals surface area contributed by atoms with E-state index in [1.165, 1.54) is 31.2 Å². The van der Waals surface area contributed by atoms with Crippen LogP contribution in [-0.4, -0.2) is 55.6 Å². The van der Waals surface area contributed by atoms with E-state index in [-0.39, 0.29) is 0 Å². The summed E-state index contributed by atoms with van der Waals surface area (Å²) in [5.41, 5.74) is 0.293. The van der Waals surface area contributed by atoms with Crippen LogP contribution < -0.4 is 15.5 Å². The Kier molecular flexibility index (Phi) is 6.03. The number of rotatable bonds is 5. The highest BCUT2D eigenvalue weighted by molar-refractivity contribution is 6.31. The van der Waals surface area contributed by atoms with Gasteiger partial charge in [-0.25, -0.2) is 9.18 Å². The highest BCUT2D eigenvalue weighted by Crippen LogP contribution is 2.31. The number of amides is 4. The Morgan fingerprint density at radius 2 is 1.88 bits per heavy atom. The Morgan fingerprint density at radius 1 is 1.19 bits per heavy atom. The van der Waals surface area contributed by atoms with Crippen molar-refractivity contribution in [1.82, 2.24) is 10.2 Å². The molecule has 2 aliphatic rings. The number of hydrogen-bond acceptors (Lipinski definition) is 5. The van der Waals surface area contributed by atoms with Gasteiger partial charge in [0.15, 0.2) is 0 Å². The highest BCUT2D eigenvalue weighted by atomic mass is 35.5. The van der Waals surface area contributed by atoms with Gasteiger partial charge in [0.25, 0.3) is 5.91 Å². The molecule has 0 aliphatic carbocycles. The van der Waals surface area contributed by atoms with Crippen molar-refractivity contribution in [2.24, 2.45) is 0 Å². The number of ether oxygens (including phenoxy) is 1. The predicted molar refractivity (Wildman–Crippen MR) is 117 cm³/mol. The molecule has 2 aromatic rings. The Labute approximate surface area is 189 Å². The number of benzene rings is 2. The molecule has 8 nitrogen and oxygen atoms in total. The van der Waals surface area contributed by atoms with Gasteiger partial charge in [0.1, 0.15) is 17.9 Å². The third-order valence-corrected chi connectivity index (χ3v) is 5.82. The number of morpholine rings is 1. The maximum absolute atomic E-state index is 13.3. The minimum Gasteiger partial charge on any atom is -0.378 e. The monoisotopic (exact) mass is 460 g/mol. The fourth-order valence-electron chi connectivity index (χ4n) is 3.84. The third kappa shape index (κ3) is 4.26. The number of carbonyl (C=O) groups is 3. The number of imide groups is 1. The van der Waals surface area contributed by atoms with E-state index in [0.717, 1.165) is 10.6 Å². The molecule has 0 aromatic heterocycles. The van der Waals surface area contributed by atoms with Gasteiger partial charge >= 0.3 is 6.03 Å². The van der Waals surface area contributed by atoms with E-state index in [1.807, 2.05) is 6.07 Å². The lowest BCUT2D eigenvalue weighted by molar-refractivity contribution is -0.133. The molecule has 4 rings (SSSR count). The molecular weight excluding hydrogens is 439 g/mol. The second-order valence-corrected chi connectivity index (χ2v) is 8.20. The molecule has 2 aliphatic heterocycles. The SMILES string of the molecule is CC1(c2ccc(F)cc2)NC(=O)N(CC(=O)Nc2cc(Cl)ccc2N2CCOCC2)C1=O. The summed E-state index contributed by atoms with van der Waals surface area (Å²) in [6.45, 7) is 3.50. The number of nitrogens with one attached hydrogen (secondary N) is 2. The van der Waals surface area contributed by atoms with Gasteiger partial charge in [-0.2, -0.15) is 0 Å². The van der Waals surface area contributed by atoms with Crippen LogP contribution in [0.25, 0.3) is 0 Å². The van der Waals surface area contributed by atoms with Crippen molar-refractivity contribution in [2.45, 2.75) is 12.5 Å². The van der Waals surface area contributed by atoms with E-state index in [0.29, 0.717) is 42.6 Å². The van der Waals surface area contributed by atoms with Crippen LogP contribution in [0, 0.1) is 5.82 Å². The summed E-state index contributed by atoms with van der Waals surface area (Å²) in [6, 6.07) is 9.74. The topological polar surface area (TPSA) is 91.0 Å². The largest absolute Gasteiger partial charge is 0.378 e. The van der Waals surface area contributed by atoms with Crippen LogP contribution in [-0.2, 0) is 19.9 Å². The lowest BCUT2D eigenvalue weighted by Gasteiger charge is -2.30. The Balaban J connectivity index is 1.50. The van der Waals surface area contributed by atoms with Crippen molar-refractivity contribution in [1.29, 1.82) is 0 Å². The molecule has 0 spiro atoms. The quantitative estimate of drug-likeness (QED) is 0.669. The smallest absolute Gasteiger partial charge is 0.325 e. The molecule has 32 heavy (non-hydrogen) atoms. The average molecular weight is 461 g/mol. The number of nitrogens with zero attached hydrogens (tertiary/aromatic N) is 2. The van der Waals surface area contributed by atoms with Crippen molar-refractivity contribution in [3.63, 3.8) is 0 Å². The van der Waals surface area contributed by atoms with Crippen LogP contribution in [0.4, 0.5) is 20.6 Å². The first-order chi connectivity index (χ1) is 15.3. The van der Waals surface area contributed by atoms with Gasteiger partial charge in [-0.05, 0) is 42.8 Å². The summed E-state index contributed by atoms with van der Waals surface area (Å²) in [7, 11) is 0. The molecule has 168 valence electrons. The molecule has 10 heteroatoms. The molecule has 2 fully saturated rings. The number of urea groups is 1. The summed E-state index contributed by atoms with van der Waals surface area (Å²) in [5.74, 6) is -1.60. The van der Waals surface area contributed by atoms with Crippen LogP contribution in [0.5, 0.6) is 0 Å². The zero-order valence-corrected chi connectivity index (χ0v) is 18.1. The van der Waals surface area contributed by atoms with E-state index in [4.69, 9.17) is 16.3 Å². The lowest BCUT2D eigenvalue weighted by atomic mass is 9.92. The minimum absolute atomic E-state index is 0.421. The van der Waals surface area contributed by atoms with Crippen LogP contribution >= 0.6 is 11.6 Å². The molecule has 2 heterocycles. The highest BCUT2D eigenvalue weighted by Gasteiger charge is 2.49. The van der Waals surface area contributed by atoms with Gasteiger partial charge in [0.05, 0.1) is 24.6 Å². The summed E-state index contributed by atoms with van der Waals surface area (Å²) in [4.78, 5) is 41.2. The summed E-state index contributed by atoms with van der Waals surface area (Å²) in [5, 5.41) is 5.80. The lowest BCUT2D eigenvalue weighted by Crippen LogP contribution is -2.42. The molecule has 2 N–H and O–H groups in total. The number of halogens is 2. The second kappa shape index (κ2) is 8.76. The van der Waals surface area contributed by atoms with Crippen molar-refractivity contribution in [2.75, 3.05) is 43.1 Å². The number of anilines is 2. The van der Waals surface area contributed by atoms with E-state index in [1.54, 1.807) is 12.1 Å². The number of carbonyl (C=O) groups excluding carboxylic acids is 3. The van der Waals surface area contributed by atoms with Gasteiger partial charge < -0.3 is 20.3 Å². The van der Waals surface area contributed by atoms with Gasteiger partial charge in [-0.3, -0.25) is 14.5 Å². The van der Waals surface area contributed by atoms with E-state index in [2.05, 4.69) is 15.5 Å². The molecule has 0 radical (unpaired) electrons. The van der Waals surface area contributed by atoms with Crippen molar-refractivity contribution in [3.05, 3.63) is 58.9 Å². The van der Waals surface area contributed by atoms with Gasteiger partial charge in [0, 0.05) is 18.1 Å². The first kappa shape index (κ1) is 22.0. The van der Waals surface area contributed by atoms with Gasteiger partial charge in [0.2, 0.25) is 5.91 Å². The van der Waals surface area contributed by atoms with Crippen LogP contribution in [0.3, 0.4) is 0 Å². The average Bonchev–Trinajstić information content (AvgIpc) is 2.98. The summed E-state index contributed by atoms with van der Waals surface area (Å²) >= 11 is 6.12. The van der Waals surface area contributed by atoms with E-state index >= 15 is 0 Å². The van der Waals surface area contributed by atoms with Crippen molar-refractivity contribution in [3.8, 4) is 0 Å². The van der Waals surface area contributed by atoms with E-state index < -0.39 is 35.7 Å². The Morgan fingerprint density at radius 3 is 2.56 bits per heavy atom. The van der Waals surface area contributed by atoms with Crippen LogP contribution in [0.15, 0.2) is 42.5 Å². The van der Waals surface area contributed by atoms with Gasteiger partial charge in [-0.15, -0.1) is 0 Å². The molecule has 1 unspecified atom stereocenters. The fourth-order valence-corrected chi connectivity index (χ4v) is 4.01. The molecule has 0 bridgehead atoms. The third-order valence-electron chi connectivity index (χ3n) is 5.58. The standard InChI is InChI=1S/C22H22ClFN4O4/c1-22(14-2-5-16(24)6-3-14)20(30)28(21(31)26-22)13-19(29)25-17-12-15(23)4-7-18(17)27-8-10-32-11-9-27/h2-7,12H,8-11,13H2,1H3,(H,25,29)(H,26,31). The maximum Gasteiger partial charge on any atom is 0.325 e. The van der Waals surface area contributed by atoms with E-state index in [9.17, 15) is 18.8 Å². The van der Waals surface area contributed by atoms with Crippen LogP contribution in [0.1, 0.15) is 12.5 Å². The van der Waals surface area contributed by atoms with Crippen molar-refractivity contribution >= 4 is 40.8 Å². The molecule has 2 saturated heterocycles. The molecule has 1 atom stereocenters. The first-order valence-corrected chi connectivity index (χ1v) is 10.5. The molecule has 2 aromatic carbocycles. The minimum atomic E-state index is -1.39. The maximum atomic E-state index is 13.3. The van der Waals surface area contributed by atoms with Crippen molar-refractivity contribution < 1.29 is 23.5 Å². The summed E-state index contributed by atoms with van der Waals surface area (Å²) < 4.78 is 18.6. The molecule has 4 amide bonds.